The molecule has 0 saturated carbocycles. The predicted molar refractivity (Wildman–Crippen MR) is 192 cm³/mol. The van der Waals surface area contributed by atoms with E-state index in [0.29, 0.717) is 23.6 Å². The van der Waals surface area contributed by atoms with Crippen LogP contribution in [0.1, 0.15) is 104 Å². The average molecular weight is 640 g/mol. The maximum Gasteiger partial charge on any atom is 0.119 e. The van der Waals surface area contributed by atoms with Crippen molar-refractivity contribution in [2.45, 2.75) is 105 Å². The molecule has 0 fully saturated rings. The topological polar surface area (TPSA) is 18.5 Å². The van der Waals surface area contributed by atoms with Gasteiger partial charge in [0.2, 0.25) is 0 Å². The minimum atomic E-state index is 0.425. The Hall–Kier alpha value is -2.16. The molecule has 0 N–H and O–H groups in total. The smallest absolute Gasteiger partial charge is 0.119 e. The Morgan fingerprint density at radius 3 is 1.18 bits per heavy atom. The van der Waals surface area contributed by atoms with Gasteiger partial charge in [0.25, 0.3) is 0 Å². The standard InChI is InChI=1S/C40H56Cl2O2/c1-29(2)9-7-11-31(5)21-23-43-37-17-13-33(14-18-37)39-25-36(28-42)40(26-35(39)27-41)34-15-19-38(20-16-34)44-24-22-32(6)12-8-10-30(3)4/h13-20,25-26,29-32H,7-12,21-24,27-28H2,1-6H3. The fourth-order valence-corrected chi connectivity index (χ4v) is 6.15. The number of alkyl halides is 2. The second kappa shape index (κ2) is 19.4. The van der Waals surface area contributed by atoms with Crippen molar-refractivity contribution in [2.75, 3.05) is 13.2 Å². The molecule has 0 spiro atoms. The van der Waals surface area contributed by atoms with Crippen LogP contribution in [0.25, 0.3) is 22.3 Å². The monoisotopic (exact) mass is 638 g/mol. The minimum absolute atomic E-state index is 0.425. The van der Waals surface area contributed by atoms with Crippen LogP contribution in [0.15, 0.2) is 60.7 Å². The fraction of sp³-hybridized carbons (Fsp3) is 0.550. The summed E-state index contributed by atoms with van der Waals surface area (Å²) < 4.78 is 12.2. The highest BCUT2D eigenvalue weighted by Crippen LogP contribution is 2.35. The van der Waals surface area contributed by atoms with Crippen molar-refractivity contribution < 1.29 is 9.47 Å². The van der Waals surface area contributed by atoms with Crippen molar-refractivity contribution in [2.24, 2.45) is 23.7 Å². The quantitative estimate of drug-likeness (QED) is 0.115. The van der Waals surface area contributed by atoms with Gasteiger partial charge >= 0.3 is 0 Å². The fourth-order valence-electron chi connectivity index (χ4n) is 5.70. The third-order valence-electron chi connectivity index (χ3n) is 8.66. The first kappa shape index (κ1) is 36.3. The van der Waals surface area contributed by atoms with Crippen molar-refractivity contribution in [3.8, 4) is 33.8 Å². The van der Waals surface area contributed by atoms with Gasteiger partial charge in [-0.15, -0.1) is 23.2 Å². The van der Waals surface area contributed by atoms with E-state index >= 15 is 0 Å². The Labute approximate surface area is 278 Å². The molecule has 44 heavy (non-hydrogen) atoms. The van der Waals surface area contributed by atoms with Crippen LogP contribution in [-0.4, -0.2) is 13.2 Å². The summed E-state index contributed by atoms with van der Waals surface area (Å²) in [6.45, 7) is 15.4. The highest BCUT2D eigenvalue weighted by atomic mass is 35.5. The molecule has 0 bridgehead atoms. The molecule has 0 saturated heterocycles. The van der Waals surface area contributed by atoms with E-state index in [1.165, 1.54) is 38.5 Å². The van der Waals surface area contributed by atoms with E-state index in [4.69, 9.17) is 32.7 Å². The van der Waals surface area contributed by atoms with Crippen LogP contribution in [0.4, 0.5) is 0 Å². The van der Waals surface area contributed by atoms with Crippen molar-refractivity contribution >= 4 is 23.2 Å². The van der Waals surface area contributed by atoms with Gasteiger partial charge in [0.15, 0.2) is 0 Å². The summed E-state index contributed by atoms with van der Waals surface area (Å²) >= 11 is 13.0. The molecule has 3 rings (SSSR count). The summed E-state index contributed by atoms with van der Waals surface area (Å²) in [4.78, 5) is 0. The van der Waals surface area contributed by atoms with Gasteiger partial charge < -0.3 is 9.47 Å². The summed E-state index contributed by atoms with van der Waals surface area (Å²) in [5.41, 5.74) is 6.65. The Balaban J connectivity index is 1.60. The van der Waals surface area contributed by atoms with Gasteiger partial charge in [0.05, 0.1) is 13.2 Å². The highest BCUT2D eigenvalue weighted by Gasteiger charge is 2.14. The van der Waals surface area contributed by atoms with E-state index < -0.39 is 0 Å². The summed E-state index contributed by atoms with van der Waals surface area (Å²) in [7, 11) is 0. The first-order valence-corrected chi connectivity index (χ1v) is 18.0. The Kier molecular flexibility index (Phi) is 16.0. The minimum Gasteiger partial charge on any atom is -0.494 e. The highest BCUT2D eigenvalue weighted by molar-refractivity contribution is 6.18. The molecule has 242 valence electrons. The van der Waals surface area contributed by atoms with Crippen molar-refractivity contribution in [3.05, 3.63) is 71.8 Å². The lowest BCUT2D eigenvalue weighted by atomic mass is 9.92. The molecular weight excluding hydrogens is 583 g/mol. The second-order valence-electron chi connectivity index (χ2n) is 13.6. The van der Waals surface area contributed by atoms with Crippen molar-refractivity contribution in [1.29, 1.82) is 0 Å². The molecule has 0 aliphatic carbocycles. The maximum atomic E-state index is 6.50. The number of halogens is 2. The van der Waals surface area contributed by atoms with E-state index in [-0.39, 0.29) is 0 Å². The van der Waals surface area contributed by atoms with Crippen LogP contribution in [0.5, 0.6) is 11.5 Å². The Bertz CT molecular complexity index is 1120. The molecule has 2 unspecified atom stereocenters. The summed E-state index contributed by atoms with van der Waals surface area (Å²) in [5.74, 6) is 5.62. The van der Waals surface area contributed by atoms with Crippen LogP contribution in [0.2, 0.25) is 0 Å². The lowest BCUT2D eigenvalue weighted by molar-refractivity contribution is 0.275. The first-order valence-electron chi connectivity index (χ1n) is 16.9. The van der Waals surface area contributed by atoms with E-state index in [1.54, 1.807) is 0 Å². The van der Waals surface area contributed by atoms with E-state index in [1.807, 2.05) is 0 Å². The molecule has 0 aliphatic rings. The zero-order valence-corrected chi connectivity index (χ0v) is 29.7. The van der Waals surface area contributed by atoms with Gasteiger partial charge in [-0.05, 0) is 106 Å². The zero-order valence-electron chi connectivity index (χ0n) is 28.1. The Morgan fingerprint density at radius 2 is 0.864 bits per heavy atom. The van der Waals surface area contributed by atoms with Crippen LogP contribution >= 0.6 is 23.2 Å². The lowest BCUT2D eigenvalue weighted by Gasteiger charge is -2.16. The third kappa shape index (κ3) is 12.3. The molecule has 0 amide bonds. The first-order chi connectivity index (χ1) is 21.2. The van der Waals surface area contributed by atoms with E-state index in [2.05, 4.69) is 102 Å². The molecule has 0 radical (unpaired) electrons. The molecule has 4 heteroatoms. The molecule has 0 heterocycles. The van der Waals surface area contributed by atoms with Crippen LogP contribution in [0, 0.1) is 23.7 Å². The van der Waals surface area contributed by atoms with Gasteiger partial charge in [0.1, 0.15) is 11.5 Å². The van der Waals surface area contributed by atoms with Crippen LogP contribution in [-0.2, 0) is 11.8 Å². The van der Waals surface area contributed by atoms with Gasteiger partial charge in [-0.2, -0.15) is 0 Å². The summed E-state index contributed by atoms with van der Waals surface area (Å²) in [6, 6.07) is 21.2. The molecular formula is C40H56Cl2O2. The van der Waals surface area contributed by atoms with Crippen LogP contribution in [0.3, 0.4) is 0 Å². The van der Waals surface area contributed by atoms with E-state index in [9.17, 15) is 0 Å². The summed E-state index contributed by atoms with van der Waals surface area (Å²) in [6.07, 6.45) is 9.94. The second-order valence-corrected chi connectivity index (χ2v) is 14.2. The normalized spacial score (nSPS) is 13.0. The van der Waals surface area contributed by atoms with Crippen LogP contribution < -0.4 is 9.47 Å². The maximum absolute atomic E-state index is 6.50. The average Bonchev–Trinajstić information content (AvgIpc) is 3.01. The predicted octanol–water partition coefficient (Wildman–Crippen LogP) is 13.0. The molecule has 3 aromatic rings. The van der Waals surface area contributed by atoms with E-state index in [0.717, 1.165) is 82.8 Å². The molecule has 2 nitrogen and oxygen atoms in total. The molecule has 2 atom stereocenters. The lowest BCUT2D eigenvalue weighted by Crippen LogP contribution is -2.05. The molecule has 0 aliphatic heterocycles. The number of benzene rings is 3. The largest absolute Gasteiger partial charge is 0.494 e. The molecule has 3 aromatic carbocycles. The van der Waals surface area contributed by atoms with Gasteiger partial charge in [-0.1, -0.05) is 104 Å². The van der Waals surface area contributed by atoms with Crippen molar-refractivity contribution in [1.82, 2.24) is 0 Å². The van der Waals surface area contributed by atoms with Gasteiger partial charge in [0, 0.05) is 11.8 Å². The zero-order chi connectivity index (χ0) is 31.9. The van der Waals surface area contributed by atoms with Crippen molar-refractivity contribution in [3.63, 3.8) is 0 Å². The summed E-state index contributed by atoms with van der Waals surface area (Å²) in [5, 5.41) is 0. The number of rotatable bonds is 20. The molecule has 0 aromatic heterocycles. The van der Waals surface area contributed by atoms with Gasteiger partial charge in [-0.25, -0.2) is 0 Å². The SMILES string of the molecule is CC(C)CCCC(C)CCOc1ccc(-c2cc(CCl)c(-c3ccc(OCCC(C)CCCC(C)C)cc3)cc2CCl)cc1. The number of hydrogen-bond acceptors (Lipinski definition) is 2. The third-order valence-corrected chi connectivity index (χ3v) is 9.24. The number of hydrogen-bond donors (Lipinski definition) is 0. The van der Waals surface area contributed by atoms with Gasteiger partial charge in [-0.3, -0.25) is 0 Å². The Morgan fingerprint density at radius 1 is 0.500 bits per heavy atom. The number of ether oxygens (including phenoxy) is 2.